The fourth-order valence-electron chi connectivity index (χ4n) is 7.77. The topological polar surface area (TPSA) is 66.8 Å². The number of hydrogen-bond acceptors (Lipinski definition) is 4. The molecule has 0 bridgehead atoms. The Bertz CT molecular complexity index is 688. The summed E-state index contributed by atoms with van der Waals surface area (Å²) < 4.78 is 4.90. The van der Waals surface area contributed by atoms with Crippen molar-refractivity contribution >= 4 is 5.97 Å². The minimum Gasteiger partial charge on any atom is -0.456 e. The number of aliphatic hydroxyl groups is 2. The fourth-order valence-corrected chi connectivity index (χ4v) is 7.77. The Kier molecular flexibility index (Phi) is 5.08. The molecule has 0 aromatic heterocycles. The van der Waals surface area contributed by atoms with Crippen molar-refractivity contribution in [3.05, 3.63) is 0 Å². The van der Waals surface area contributed by atoms with Crippen LogP contribution in [0, 0.1) is 52.3 Å². The van der Waals surface area contributed by atoms with Crippen LogP contribution in [-0.4, -0.2) is 28.6 Å². The Labute approximate surface area is 169 Å². The summed E-state index contributed by atoms with van der Waals surface area (Å²) in [4.78, 5) is 11.7. The molecule has 4 aliphatic rings. The van der Waals surface area contributed by atoms with Crippen LogP contribution in [-0.2, 0) is 9.53 Å². The van der Waals surface area contributed by atoms with E-state index in [4.69, 9.17) is 4.74 Å². The van der Waals surface area contributed by atoms with Crippen LogP contribution in [0.3, 0.4) is 0 Å². The van der Waals surface area contributed by atoms with Crippen molar-refractivity contribution in [2.75, 3.05) is 6.61 Å². The third-order valence-electron chi connectivity index (χ3n) is 9.22. The predicted octanol–water partition coefficient (Wildman–Crippen LogP) is 3.89. The highest BCUT2D eigenvalue weighted by atomic mass is 16.5. The summed E-state index contributed by atoms with van der Waals surface area (Å²) in [7, 11) is 0. The van der Waals surface area contributed by atoms with Gasteiger partial charge in [0.25, 0.3) is 0 Å². The summed E-state index contributed by atoms with van der Waals surface area (Å²) in [5.74, 6) is 4.98. The summed E-state index contributed by atoms with van der Waals surface area (Å²) in [5.41, 5.74) is 0.607. The zero-order valence-electron chi connectivity index (χ0n) is 17.7. The van der Waals surface area contributed by atoms with Gasteiger partial charge in [0.05, 0.1) is 12.5 Å². The van der Waals surface area contributed by atoms with Crippen molar-refractivity contribution in [1.29, 1.82) is 0 Å². The van der Waals surface area contributed by atoms with E-state index < -0.39 is 17.7 Å². The van der Waals surface area contributed by atoms with Crippen LogP contribution in [0.15, 0.2) is 0 Å². The smallest absolute Gasteiger partial charge is 0.384 e. The molecular formula is C24H36O4. The number of carbonyl (C=O) groups is 1. The van der Waals surface area contributed by atoms with Gasteiger partial charge in [0.1, 0.15) is 0 Å². The Morgan fingerprint density at radius 3 is 2.61 bits per heavy atom. The second-order valence-electron chi connectivity index (χ2n) is 10.6. The fraction of sp³-hybridized carbons (Fsp3) is 0.875. The minimum atomic E-state index is -1.81. The molecule has 0 aromatic carbocycles. The first kappa shape index (κ1) is 20.2. The molecule has 4 fully saturated rings. The Balaban J connectivity index is 1.59. The van der Waals surface area contributed by atoms with E-state index in [1.807, 2.05) is 0 Å². The zero-order chi connectivity index (χ0) is 20.2. The van der Waals surface area contributed by atoms with Gasteiger partial charge >= 0.3 is 5.97 Å². The highest BCUT2D eigenvalue weighted by molar-refractivity contribution is 5.88. The molecule has 0 aliphatic heterocycles. The van der Waals surface area contributed by atoms with E-state index >= 15 is 0 Å². The second-order valence-corrected chi connectivity index (χ2v) is 10.6. The van der Waals surface area contributed by atoms with Crippen LogP contribution in [0.1, 0.15) is 78.6 Å². The molecule has 4 rings (SSSR count). The summed E-state index contributed by atoms with van der Waals surface area (Å²) in [6, 6.07) is 0. The van der Waals surface area contributed by atoms with Gasteiger partial charge in [-0.1, -0.05) is 26.2 Å². The van der Waals surface area contributed by atoms with Crippen LogP contribution >= 0.6 is 0 Å². The molecular weight excluding hydrogens is 352 g/mol. The lowest BCUT2D eigenvalue weighted by molar-refractivity contribution is -0.252. The minimum absolute atomic E-state index is 0.0792. The van der Waals surface area contributed by atoms with Crippen LogP contribution in [0.4, 0.5) is 0 Å². The van der Waals surface area contributed by atoms with Crippen LogP contribution in [0.2, 0.25) is 0 Å². The third-order valence-corrected chi connectivity index (χ3v) is 9.22. The van der Waals surface area contributed by atoms with Crippen molar-refractivity contribution in [2.24, 2.45) is 40.4 Å². The molecule has 4 nitrogen and oxygen atoms in total. The molecule has 7 atom stereocenters. The van der Waals surface area contributed by atoms with Crippen molar-refractivity contribution in [2.45, 2.75) is 84.3 Å². The molecule has 0 spiro atoms. The largest absolute Gasteiger partial charge is 0.456 e. The normalized spacial score (nSPS) is 46.4. The van der Waals surface area contributed by atoms with Crippen molar-refractivity contribution in [1.82, 2.24) is 0 Å². The van der Waals surface area contributed by atoms with Crippen LogP contribution in [0.5, 0.6) is 0 Å². The van der Waals surface area contributed by atoms with Gasteiger partial charge in [-0.25, -0.2) is 4.79 Å². The molecule has 0 heterocycles. The van der Waals surface area contributed by atoms with E-state index in [1.165, 1.54) is 38.5 Å². The van der Waals surface area contributed by atoms with Gasteiger partial charge < -0.3 is 14.9 Å². The number of esters is 1. The quantitative estimate of drug-likeness (QED) is 0.309. The standard InChI is InChI=1S/C24H36O4/c1-4-28-21(25)10-8-17-14-23(3)16(15-24(17,26)27)7-9-18-19-6-5-12-22(19,2)13-11-20(18)23/h16-20,26-27H,4-7,9,11-15H2,1-3H3/t16?,17?,18-,19-,20-,22-,23-/m0/s1. The van der Waals surface area contributed by atoms with E-state index in [2.05, 4.69) is 25.7 Å². The first-order valence-corrected chi connectivity index (χ1v) is 11.3. The average Bonchev–Trinajstić information content (AvgIpc) is 3.02. The van der Waals surface area contributed by atoms with Crippen LogP contribution < -0.4 is 0 Å². The first-order chi connectivity index (χ1) is 13.2. The van der Waals surface area contributed by atoms with Crippen molar-refractivity contribution < 1.29 is 19.7 Å². The Morgan fingerprint density at radius 2 is 1.86 bits per heavy atom. The molecule has 0 amide bonds. The van der Waals surface area contributed by atoms with Gasteiger partial charge in [0, 0.05) is 12.3 Å². The lowest BCUT2D eigenvalue weighted by atomic mass is 9.44. The maximum Gasteiger partial charge on any atom is 0.384 e. The third kappa shape index (κ3) is 3.19. The van der Waals surface area contributed by atoms with Gasteiger partial charge in [0.15, 0.2) is 5.79 Å². The molecule has 156 valence electrons. The number of rotatable bonds is 1. The summed E-state index contributed by atoms with van der Waals surface area (Å²) in [5, 5.41) is 21.4. The van der Waals surface area contributed by atoms with Gasteiger partial charge in [-0.2, -0.15) is 0 Å². The lowest BCUT2D eigenvalue weighted by Crippen LogP contribution is -2.58. The number of ether oxygens (including phenoxy) is 1. The van der Waals surface area contributed by atoms with E-state index in [0.717, 1.165) is 18.3 Å². The molecule has 0 aromatic rings. The summed E-state index contributed by atoms with van der Waals surface area (Å²) in [6.07, 6.45) is 10.0. The summed E-state index contributed by atoms with van der Waals surface area (Å²) in [6.45, 7) is 6.91. The highest BCUT2D eigenvalue weighted by Crippen LogP contribution is 2.67. The van der Waals surface area contributed by atoms with Crippen molar-refractivity contribution in [3.8, 4) is 11.8 Å². The molecule has 0 radical (unpaired) electrons. The number of fused-ring (bicyclic) bond motifs is 5. The SMILES string of the molecule is CCOC(=O)C#CC1C[C@@]2(C)C(CC[C@H]3[C@@H]4CCC[C@@]4(C)CC[C@@H]32)CC1(O)O. The number of hydrogen-bond donors (Lipinski definition) is 2. The molecule has 4 saturated carbocycles. The van der Waals surface area contributed by atoms with Gasteiger partial charge in [-0.05, 0) is 86.4 Å². The molecule has 4 aliphatic carbocycles. The maximum atomic E-state index is 11.7. The highest BCUT2D eigenvalue weighted by Gasteiger charge is 2.61. The molecule has 28 heavy (non-hydrogen) atoms. The Morgan fingerprint density at radius 1 is 1.07 bits per heavy atom. The molecule has 4 heteroatoms. The lowest BCUT2D eigenvalue weighted by Gasteiger charge is -2.62. The second kappa shape index (κ2) is 7.03. The van der Waals surface area contributed by atoms with Gasteiger partial charge in [-0.15, -0.1) is 0 Å². The molecule has 2 unspecified atom stereocenters. The average molecular weight is 389 g/mol. The first-order valence-electron chi connectivity index (χ1n) is 11.3. The van der Waals surface area contributed by atoms with Gasteiger partial charge in [-0.3, -0.25) is 0 Å². The van der Waals surface area contributed by atoms with Gasteiger partial charge in [0.2, 0.25) is 0 Å². The Hall–Kier alpha value is -1.05. The van der Waals surface area contributed by atoms with Crippen LogP contribution in [0.25, 0.3) is 0 Å². The number of carbonyl (C=O) groups excluding carboxylic acids is 1. The van der Waals surface area contributed by atoms with E-state index in [-0.39, 0.29) is 12.0 Å². The monoisotopic (exact) mass is 388 g/mol. The zero-order valence-corrected chi connectivity index (χ0v) is 17.7. The molecule has 0 saturated heterocycles. The van der Waals surface area contributed by atoms with E-state index in [1.54, 1.807) is 6.92 Å². The maximum absolute atomic E-state index is 11.7. The van der Waals surface area contributed by atoms with E-state index in [0.29, 0.717) is 30.1 Å². The molecule has 2 N–H and O–H groups in total. The van der Waals surface area contributed by atoms with E-state index in [9.17, 15) is 15.0 Å². The van der Waals surface area contributed by atoms with Crippen molar-refractivity contribution in [3.63, 3.8) is 0 Å². The predicted molar refractivity (Wildman–Crippen MR) is 107 cm³/mol. The summed E-state index contributed by atoms with van der Waals surface area (Å²) >= 11 is 0.